The maximum absolute atomic E-state index is 14.6. The van der Waals surface area contributed by atoms with Crippen molar-refractivity contribution >= 4 is 24.5 Å². The molecule has 27 heavy (non-hydrogen) atoms. The second-order valence-electron chi connectivity index (χ2n) is 7.47. The zero-order valence-electron chi connectivity index (χ0n) is 15.4. The second-order valence-corrected chi connectivity index (χ2v) is 8.10. The first-order valence-electron chi connectivity index (χ1n) is 9.43. The molecule has 1 aliphatic heterocycles. The normalized spacial score (nSPS) is 23.5. The van der Waals surface area contributed by atoms with E-state index in [9.17, 15) is 9.18 Å². The van der Waals surface area contributed by atoms with E-state index in [2.05, 4.69) is 16.1 Å². The first kappa shape index (κ1) is 18.4. The number of halogens is 1. The van der Waals surface area contributed by atoms with Crippen molar-refractivity contribution in [3.63, 3.8) is 0 Å². The van der Waals surface area contributed by atoms with E-state index >= 15 is 0 Å². The fraction of sp³-hybridized carbons (Fsp3) is 0.429. The van der Waals surface area contributed by atoms with Crippen LogP contribution in [0.4, 0.5) is 4.39 Å². The minimum atomic E-state index is -0.519. The fourth-order valence-corrected chi connectivity index (χ4v) is 4.06. The lowest BCUT2D eigenvalue weighted by atomic mass is 9.93. The van der Waals surface area contributed by atoms with Gasteiger partial charge >= 0.3 is 0 Å². The zero-order chi connectivity index (χ0) is 19.0. The highest BCUT2D eigenvalue weighted by Gasteiger charge is 2.40. The Morgan fingerprint density at radius 1 is 1.30 bits per heavy atom. The van der Waals surface area contributed by atoms with E-state index in [1.807, 2.05) is 23.9 Å². The van der Waals surface area contributed by atoms with Crippen molar-refractivity contribution in [2.75, 3.05) is 13.1 Å². The number of piperidine rings is 1. The molecule has 0 N–H and O–H groups in total. The highest BCUT2D eigenvalue weighted by molar-refractivity contribution is 7.81. The standard InChI is InChI=1S/C21H24FN3OS/c1-24-16(8-10-23-24)12-15-13-25(11-9-19(15)27)20(21(26)14-6-7-14)17-4-2-3-5-18(17)22/h2-5,8,10,12,14,19-20,27H,6-7,9,11,13H2,1H3/b15-12-. The van der Waals surface area contributed by atoms with Gasteiger partial charge in [0.25, 0.3) is 0 Å². The molecule has 1 saturated carbocycles. The molecule has 2 aliphatic rings. The summed E-state index contributed by atoms with van der Waals surface area (Å²) in [5, 5.41) is 4.34. The van der Waals surface area contributed by atoms with Crippen molar-refractivity contribution in [2.24, 2.45) is 13.0 Å². The van der Waals surface area contributed by atoms with Crippen molar-refractivity contribution in [1.82, 2.24) is 14.7 Å². The molecule has 2 unspecified atom stereocenters. The van der Waals surface area contributed by atoms with Crippen LogP contribution >= 0.6 is 12.6 Å². The Kier molecular flexibility index (Phi) is 5.19. The molecular weight excluding hydrogens is 361 g/mol. The van der Waals surface area contributed by atoms with Crippen LogP contribution in [0.3, 0.4) is 0 Å². The van der Waals surface area contributed by atoms with E-state index in [1.54, 1.807) is 18.3 Å². The van der Waals surface area contributed by atoms with Crippen molar-refractivity contribution in [1.29, 1.82) is 0 Å². The topological polar surface area (TPSA) is 38.1 Å². The third-order valence-electron chi connectivity index (χ3n) is 5.51. The average molecular weight is 386 g/mol. The SMILES string of the molecule is Cn1nccc1/C=C1/CN(C(C(=O)C2CC2)c2ccccc2F)CCC1S. The Morgan fingerprint density at radius 2 is 2.07 bits per heavy atom. The van der Waals surface area contributed by atoms with Gasteiger partial charge in [-0.25, -0.2) is 4.39 Å². The number of aryl methyl sites for hydroxylation is 1. The lowest BCUT2D eigenvalue weighted by Crippen LogP contribution is -2.42. The Hall–Kier alpha value is -1.92. The van der Waals surface area contributed by atoms with E-state index in [4.69, 9.17) is 12.6 Å². The summed E-state index contributed by atoms with van der Waals surface area (Å²) in [7, 11) is 1.90. The van der Waals surface area contributed by atoms with Gasteiger partial charge < -0.3 is 0 Å². The minimum Gasteiger partial charge on any atom is -0.297 e. The molecule has 6 heteroatoms. The van der Waals surface area contributed by atoms with Crippen LogP contribution in [-0.4, -0.2) is 38.8 Å². The zero-order valence-corrected chi connectivity index (χ0v) is 16.3. The molecular formula is C21H24FN3OS. The Balaban J connectivity index is 1.66. The molecule has 4 rings (SSSR count). The number of thiol groups is 1. The Bertz CT molecular complexity index is 874. The maximum Gasteiger partial charge on any atom is 0.157 e. The van der Waals surface area contributed by atoms with E-state index in [0.29, 0.717) is 12.1 Å². The quantitative estimate of drug-likeness (QED) is 0.798. The summed E-state index contributed by atoms with van der Waals surface area (Å²) in [5.41, 5.74) is 2.63. The molecule has 0 bridgehead atoms. The van der Waals surface area contributed by atoms with Gasteiger partial charge in [-0.2, -0.15) is 17.7 Å². The molecule has 1 aromatic heterocycles. The maximum atomic E-state index is 14.6. The number of carbonyl (C=O) groups excluding carboxylic acids is 1. The fourth-order valence-electron chi connectivity index (χ4n) is 3.79. The van der Waals surface area contributed by atoms with E-state index in [1.165, 1.54) is 6.07 Å². The monoisotopic (exact) mass is 385 g/mol. The molecule has 1 aromatic carbocycles. The summed E-state index contributed by atoms with van der Waals surface area (Å²) in [4.78, 5) is 15.2. The predicted octanol–water partition coefficient (Wildman–Crippen LogP) is 3.67. The number of ketones is 1. The number of likely N-dealkylation sites (tertiary alicyclic amines) is 1. The molecule has 1 saturated heterocycles. The molecule has 142 valence electrons. The molecule has 4 nitrogen and oxygen atoms in total. The van der Waals surface area contributed by atoms with Crippen LogP contribution in [-0.2, 0) is 11.8 Å². The van der Waals surface area contributed by atoms with Gasteiger partial charge in [-0.1, -0.05) is 18.2 Å². The van der Waals surface area contributed by atoms with Gasteiger partial charge in [0.1, 0.15) is 5.82 Å². The number of Topliss-reactive ketones (excluding diaryl/α,β-unsaturated/α-hetero) is 1. The lowest BCUT2D eigenvalue weighted by molar-refractivity contribution is -0.126. The molecule has 2 atom stereocenters. The molecule has 2 fully saturated rings. The largest absolute Gasteiger partial charge is 0.297 e. The molecule has 0 radical (unpaired) electrons. The van der Waals surface area contributed by atoms with Crippen molar-refractivity contribution in [3.05, 3.63) is 59.2 Å². The summed E-state index contributed by atoms with van der Waals surface area (Å²) in [6.07, 6.45) is 6.53. The van der Waals surface area contributed by atoms with Gasteiger partial charge in [0.2, 0.25) is 0 Å². The number of hydrogen-bond acceptors (Lipinski definition) is 4. The van der Waals surface area contributed by atoms with E-state index < -0.39 is 6.04 Å². The van der Waals surface area contributed by atoms with Gasteiger partial charge in [-0.3, -0.25) is 14.4 Å². The molecule has 0 amide bonds. The van der Waals surface area contributed by atoms with E-state index in [0.717, 1.165) is 37.1 Å². The summed E-state index contributed by atoms with van der Waals surface area (Å²) in [5.74, 6) is -0.0768. The number of rotatable bonds is 5. The number of hydrogen-bond donors (Lipinski definition) is 1. The van der Waals surface area contributed by atoms with Crippen LogP contribution in [0.1, 0.15) is 36.6 Å². The van der Waals surface area contributed by atoms with E-state index in [-0.39, 0.29) is 22.8 Å². The van der Waals surface area contributed by atoms with Crippen LogP contribution in [0.25, 0.3) is 6.08 Å². The molecule has 1 aliphatic carbocycles. The van der Waals surface area contributed by atoms with Crippen molar-refractivity contribution < 1.29 is 9.18 Å². The summed E-state index contributed by atoms with van der Waals surface area (Å²) in [6.45, 7) is 1.34. The minimum absolute atomic E-state index is 0.0767. The highest BCUT2D eigenvalue weighted by Crippen LogP contribution is 2.39. The van der Waals surface area contributed by atoms with Gasteiger partial charge in [0, 0.05) is 43.1 Å². The number of benzene rings is 1. The average Bonchev–Trinajstić information content (AvgIpc) is 3.43. The number of aromatic nitrogens is 2. The molecule has 2 heterocycles. The lowest BCUT2D eigenvalue weighted by Gasteiger charge is -2.37. The third kappa shape index (κ3) is 3.87. The van der Waals surface area contributed by atoms with Gasteiger partial charge in [0.15, 0.2) is 5.78 Å². The van der Waals surface area contributed by atoms with Crippen LogP contribution in [0.5, 0.6) is 0 Å². The van der Waals surface area contributed by atoms with Crippen LogP contribution in [0.2, 0.25) is 0 Å². The Labute approximate surface area is 164 Å². The highest BCUT2D eigenvalue weighted by atomic mass is 32.1. The summed E-state index contributed by atoms with van der Waals surface area (Å²) >= 11 is 4.74. The smallest absolute Gasteiger partial charge is 0.157 e. The number of carbonyl (C=O) groups is 1. The summed E-state index contributed by atoms with van der Waals surface area (Å²) in [6, 6.07) is 8.11. The molecule has 2 aromatic rings. The van der Waals surface area contributed by atoms with Gasteiger partial charge in [0.05, 0.1) is 11.7 Å². The van der Waals surface area contributed by atoms with Gasteiger partial charge in [-0.15, -0.1) is 0 Å². The van der Waals surface area contributed by atoms with Crippen molar-refractivity contribution in [2.45, 2.75) is 30.6 Å². The Morgan fingerprint density at radius 3 is 2.74 bits per heavy atom. The van der Waals surface area contributed by atoms with Crippen LogP contribution in [0.15, 0.2) is 42.1 Å². The molecule has 0 spiro atoms. The first-order chi connectivity index (χ1) is 13.0. The second kappa shape index (κ2) is 7.60. The number of nitrogens with zero attached hydrogens (tertiary/aromatic N) is 3. The van der Waals surface area contributed by atoms with Gasteiger partial charge in [-0.05, 0) is 43.0 Å². The third-order valence-corrected chi connectivity index (χ3v) is 6.10. The van der Waals surface area contributed by atoms with Crippen LogP contribution in [0, 0.1) is 11.7 Å². The summed E-state index contributed by atoms with van der Waals surface area (Å²) < 4.78 is 16.4. The predicted molar refractivity (Wildman–Crippen MR) is 107 cm³/mol. The first-order valence-corrected chi connectivity index (χ1v) is 9.95. The van der Waals surface area contributed by atoms with Crippen LogP contribution < -0.4 is 0 Å². The van der Waals surface area contributed by atoms with Crippen molar-refractivity contribution in [3.8, 4) is 0 Å².